The summed E-state index contributed by atoms with van der Waals surface area (Å²) in [5.41, 5.74) is 1.59. The molecular formula is C20H19F3N4O3. The van der Waals surface area contributed by atoms with E-state index in [4.69, 9.17) is 9.47 Å². The van der Waals surface area contributed by atoms with Gasteiger partial charge in [-0.3, -0.25) is 0 Å². The fourth-order valence-electron chi connectivity index (χ4n) is 2.57. The number of rotatable bonds is 8. The first kappa shape index (κ1) is 21.2. The predicted molar refractivity (Wildman–Crippen MR) is 104 cm³/mol. The molecule has 0 spiro atoms. The summed E-state index contributed by atoms with van der Waals surface area (Å²) >= 11 is 0. The maximum Gasteiger partial charge on any atom is 0.573 e. The molecule has 3 aromatic rings. The largest absolute Gasteiger partial charge is 0.573 e. The van der Waals surface area contributed by atoms with E-state index < -0.39 is 6.36 Å². The molecule has 30 heavy (non-hydrogen) atoms. The Labute approximate surface area is 170 Å². The van der Waals surface area contributed by atoms with E-state index in [1.165, 1.54) is 19.2 Å². The topological polar surface area (TPSA) is 78.4 Å². The Bertz CT molecular complexity index is 965. The van der Waals surface area contributed by atoms with Crippen LogP contribution in [0.2, 0.25) is 0 Å². The molecule has 0 bridgehead atoms. The minimum Gasteiger partial charge on any atom is -0.497 e. The van der Waals surface area contributed by atoms with E-state index >= 15 is 0 Å². The van der Waals surface area contributed by atoms with Crippen molar-refractivity contribution in [1.29, 1.82) is 0 Å². The van der Waals surface area contributed by atoms with E-state index in [9.17, 15) is 13.2 Å². The van der Waals surface area contributed by atoms with Crippen molar-refractivity contribution >= 4 is 5.95 Å². The number of nitrogens with one attached hydrogen (secondary N) is 1. The Kier molecular flexibility index (Phi) is 6.55. The van der Waals surface area contributed by atoms with Crippen LogP contribution in [0.5, 0.6) is 17.5 Å². The number of alkyl halides is 3. The van der Waals surface area contributed by atoms with E-state index in [2.05, 4.69) is 25.0 Å². The monoisotopic (exact) mass is 420 g/mol. The van der Waals surface area contributed by atoms with Crippen LogP contribution in [0.1, 0.15) is 5.56 Å². The second kappa shape index (κ2) is 9.29. The first-order valence-corrected chi connectivity index (χ1v) is 8.89. The number of methoxy groups -OCH3 is 2. The zero-order valence-corrected chi connectivity index (χ0v) is 16.2. The van der Waals surface area contributed by atoms with Gasteiger partial charge in [-0.2, -0.15) is 15.0 Å². The van der Waals surface area contributed by atoms with Gasteiger partial charge >= 0.3 is 12.4 Å². The number of halogens is 3. The number of benzene rings is 2. The van der Waals surface area contributed by atoms with Crippen molar-refractivity contribution in [3.05, 3.63) is 54.1 Å². The molecule has 1 N–H and O–H groups in total. The van der Waals surface area contributed by atoms with Gasteiger partial charge in [-0.05, 0) is 48.4 Å². The van der Waals surface area contributed by atoms with Crippen LogP contribution in [-0.2, 0) is 6.42 Å². The average Bonchev–Trinajstić information content (AvgIpc) is 2.74. The normalized spacial score (nSPS) is 11.1. The number of hydrogen-bond acceptors (Lipinski definition) is 7. The SMILES string of the molecule is COc1ccc(-c2nc(NCCc3ccc(OC(F)(F)F)cc3)nc(OC)n2)cc1. The van der Waals surface area contributed by atoms with Gasteiger partial charge in [0.15, 0.2) is 5.82 Å². The highest BCUT2D eigenvalue weighted by Gasteiger charge is 2.30. The lowest BCUT2D eigenvalue weighted by Gasteiger charge is -2.10. The molecule has 1 aromatic heterocycles. The molecule has 2 aromatic carbocycles. The van der Waals surface area contributed by atoms with Crippen molar-refractivity contribution in [2.24, 2.45) is 0 Å². The lowest BCUT2D eigenvalue weighted by atomic mass is 10.1. The third-order valence-electron chi connectivity index (χ3n) is 4.00. The first-order chi connectivity index (χ1) is 14.4. The average molecular weight is 420 g/mol. The molecule has 0 aliphatic carbocycles. The molecule has 0 saturated carbocycles. The van der Waals surface area contributed by atoms with Crippen molar-refractivity contribution in [3.63, 3.8) is 0 Å². The van der Waals surface area contributed by atoms with E-state index in [-0.39, 0.29) is 11.8 Å². The van der Waals surface area contributed by atoms with Crippen LogP contribution in [0.4, 0.5) is 19.1 Å². The standard InChI is InChI=1S/C20H19F3N4O3/c1-28-15-9-5-14(6-10-15)17-25-18(27-19(26-17)29-2)24-12-11-13-3-7-16(8-4-13)30-20(21,22)23/h3-10H,11-12H2,1-2H3,(H,24,25,26,27). The Morgan fingerprint density at radius 3 is 2.10 bits per heavy atom. The molecule has 7 nitrogen and oxygen atoms in total. The molecule has 0 unspecified atom stereocenters. The highest BCUT2D eigenvalue weighted by atomic mass is 19.4. The van der Waals surface area contributed by atoms with Crippen molar-refractivity contribution in [2.75, 3.05) is 26.1 Å². The quantitative estimate of drug-likeness (QED) is 0.588. The fraction of sp³-hybridized carbons (Fsp3) is 0.250. The van der Waals surface area contributed by atoms with Crippen molar-refractivity contribution in [1.82, 2.24) is 15.0 Å². The summed E-state index contributed by atoms with van der Waals surface area (Å²) < 4.78 is 50.8. The molecule has 0 radical (unpaired) electrons. The zero-order valence-electron chi connectivity index (χ0n) is 16.2. The smallest absolute Gasteiger partial charge is 0.497 e. The summed E-state index contributed by atoms with van der Waals surface area (Å²) in [6, 6.07) is 13.1. The molecule has 0 atom stereocenters. The van der Waals surface area contributed by atoms with Gasteiger partial charge in [-0.15, -0.1) is 13.2 Å². The van der Waals surface area contributed by atoms with Crippen molar-refractivity contribution in [3.8, 4) is 28.9 Å². The van der Waals surface area contributed by atoms with Crippen LogP contribution in [0.3, 0.4) is 0 Å². The summed E-state index contributed by atoms with van der Waals surface area (Å²) in [7, 11) is 3.04. The lowest BCUT2D eigenvalue weighted by Crippen LogP contribution is -2.17. The predicted octanol–water partition coefficient (Wildman–Crippen LogP) is 4.11. The highest BCUT2D eigenvalue weighted by Crippen LogP contribution is 2.23. The maximum atomic E-state index is 12.2. The number of anilines is 1. The number of hydrogen-bond donors (Lipinski definition) is 1. The Balaban J connectivity index is 1.64. The molecule has 0 amide bonds. The Hall–Kier alpha value is -3.56. The molecule has 0 aliphatic heterocycles. The zero-order chi connectivity index (χ0) is 21.6. The number of ether oxygens (including phenoxy) is 3. The van der Waals surface area contributed by atoms with Gasteiger partial charge < -0.3 is 19.5 Å². The van der Waals surface area contributed by atoms with Gasteiger partial charge in [0.25, 0.3) is 0 Å². The van der Waals surface area contributed by atoms with Crippen molar-refractivity contribution in [2.45, 2.75) is 12.8 Å². The van der Waals surface area contributed by atoms with Crippen LogP contribution in [-0.4, -0.2) is 42.1 Å². The fourth-order valence-corrected chi connectivity index (χ4v) is 2.57. The summed E-state index contributed by atoms with van der Waals surface area (Å²) in [5.74, 6) is 1.21. The molecule has 10 heteroatoms. The summed E-state index contributed by atoms with van der Waals surface area (Å²) in [5, 5.41) is 3.08. The van der Waals surface area contributed by atoms with Gasteiger partial charge in [-0.1, -0.05) is 12.1 Å². The maximum absolute atomic E-state index is 12.2. The summed E-state index contributed by atoms with van der Waals surface area (Å²) in [4.78, 5) is 12.8. The Morgan fingerprint density at radius 2 is 1.50 bits per heavy atom. The molecule has 0 saturated heterocycles. The van der Waals surface area contributed by atoms with E-state index in [0.717, 1.165) is 11.1 Å². The first-order valence-electron chi connectivity index (χ1n) is 8.89. The van der Waals surface area contributed by atoms with Crippen LogP contribution in [0, 0.1) is 0 Å². The van der Waals surface area contributed by atoms with Gasteiger partial charge in [0.05, 0.1) is 14.2 Å². The molecule has 3 rings (SSSR count). The molecule has 0 aliphatic rings. The van der Waals surface area contributed by atoms with Gasteiger partial charge in [0.1, 0.15) is 11.5 Å². The minimum absolute atomic E-state index is 0.159. The van der Waals surface area contributed by atoms with Gasteiger partial charge in [-0.25, -0.2) is 0 Å². The molecule has 158 valence electrons. The van der Waals surface area contributed by atoms with E-state index in [1.54, 1.807) is 31.4 Å². The summed E-state index contributed by atoms with van der Waals surface area (Å²) in [6.45, 7) is 0.453. The Morgan fingerprint density at radius 1 is 0.833 bits per heavy atom. The second-order valence-corrected chi connectivity index (χ2v) is 6.07. The third-order valence-corrected chi connectivity index (χ3v) is 4.00. The second-order valence-electron chi connectivity index (χ2n) is 6.07. The van der Waals surface area contributed by atoms with Crippen molar-refractivity contribution < 1.29 is 27.4 Å². The highest BCUT2D eigenvalue weighted by molar-refractivity contribution is 5.57. The van der Waals surface area contributed by atoms with Crippen LogP contribution in [0.25, 0.3) is 11.4 Å². The molecule has 1 heterocycles. The van der Waals surface area contributed by atoms with Crippen LogP contribution >= 0.6 is 0 Å². The number of nitrogens with zero attached hydrogens (tertiary/aromatic N) is 3. The summed E-state index contributed by atoms with van der Waals surface area (Å²) in [6.07, 6.45) is -4.17. The van der Waals surface area contributed by atoms with E-state index in [0.29, 0.717) is 30.5 Å². The van der Waals surface area contributed by atoms with Gasteiger partial charge in [0, 0.05) is 12.1 Å². The minimum atomic E-state index is -4.71. The van der Waals surface area contributed by atoms with Gasteiger partial charge in [0.2, 0.25) is 5.95 Å². The molecule has 0 fully saturated rings. The van der Waals surface area contributed by atoms with Crippen LogP contribution < -0.4 is 19.5 Å². The number of aromatic nitrogens is 3. The lowest BCUT2D eigenvalue weighted by molar-refractivity contribution is -0.274. The third kappa shape index (κ3) is 5.97. The molecular weight excluding hydrogens is 401 g/mol. The van der Waals surface area contributed by atoms with Crippen LogP contribution in [0.15, 0.2) is 48.5 Å². The van der Waals surface area contributed by atoms with E-state index in [1.807, 2.05) is 12.1 Å².